The third kappa shape index (κ3) is 11.5. The monoisotopic (exact) mass is 1770 g/mol. The lowest BCUT2D eigenvalue weighted by Crippen LogP contribution is -2.74. The molecule has 0 bridgehead atoms. The Morgan fingerprint density at radius 1 is 0.147 bits per heavy atom. The van der Waals surface area contributed by atoms with Gasteiger partial charge >= 0.3 is 0 Å². The molecule has 0 saturated heterocycles. The van der Waals surface area contributed by atoms with Crippen molar-refractivity contribution in [2.75, 3.05) is 0 Å². The lowest BCUT2D eigenvalue weighted by molar-refractivity contribution is 0.983. The van der Waals surface area contributed by atoms with E-state index in [2.05, 4.69) is 515 Å². The molecule has 0 spiro atoms. The summed E-state index contributed by atoms with van der Waals surface area (Å²) in [5.74, 6) is 5.17. The minimum atomic E-state index is -3.27. The van der Waals surface area contributed by atoms with Crippen LogP contribution in [-0.4, -0.2) is 77.1 Å². The maximum atomic E-state index is 5.94. The highest BCUT2D eigenvalue weighted by Gasteiger charge is 2.44. The predicted molar refractivity (Wildman–Crippen MR) is 564 cm³/mol. The smallest absolute Gasteiger partial charge is 0.221 e. The second-order valence-corrected chi connectivity index (χ2v) is 43.2. The van der Waals surface area contributed by atoms with E-state index in [-0.39, 0.29) is 0 Å². The van der Waals surface area contributed by atoms with Crippen molar-refractivity contribution < 1.29 is 0 Å². The first kappa shape index (κ1) is 76.9. The van der Waals surface area contributed by atoms with E-state index in [9.17, 15) is 0 Å². The van der Waals surface area contributed by atoms with E-state index in [1.165, 1.54) is 63.3 Å². The van der Waals surface area contributed by atoms with E-state index in [0.29, 0.717) is 11.6 Å². The summed E-state index contributed by atoms with van der Waals surface area (Å²) in [6.45, 7) is 0. The second kappa shape index (κ2) is 30.3. The Morgan fingerprint density at radius 2 is 0.412 bits per heavy atom. The molecule has 0 amide bonds. The van der Waals surface area contributed by atoms with E-state index in [1.54, 1.807) is 0 Å². The number of hydrogen-bond acceptors (Lipinski definition) is 5. The van der Waals surface area contributed by atoms with Gasteiger partial charge in [0.25, 0.3) is 0 Å². The zero-order chi connectivity index (χ0) is 89.3. The molecule has 28 rings (SSSR count). The van der Waals surface area contributed by atoms with Crippen molar-refractivity contribution in [1.82, 2.24) is 61.0 Å². The summed E-state index contributed by atoms with van der Waals surface area (Å²) in [5, 5.41) is 15.0. The van der Waals surface area contributed by atoms with Crippen LogP contribution in [0.4, 0.5) is 0 Å². The zero-order valence-corrected chi connectivity index (χ0v) is 75.4. The van der Waals surface area contributed by atoms with E-state index in [0.717, 1.165) is 156 Å². The highest BCUT2D eigenvalue weighted by Crippen LogP contribution is 2.42. The van der Waals surface area contributed by atoms with Gasteiger partial charge in [-0.15, -0.1) is 0 Å². The van der Waals surface area contributed by atoms with Gasteiger partial charge in [0.2, 0.25) is 17.3 Å². The fourth-order valence-electron chi connectivity index (χ4n) is 22.5. The van der Waals surface area contributed by atoms with E-state index in [1.807, 2.05) is 0 Å². The van der Waals surface area contributed by atoms with Crippen molar-refractivity contribution in [2.45, 2.75) is 0 Å². The summed E-state index contributed by atoms with van der Waals surface area (Å²) in [6.07, 6.45) is 0. The number of aromatic nitrogens is 13. The molecule has 0 fully saturated rings. The number of para-hydroxylation sites is 12. The molecule has 28 aromatic rings. The first-order valence-electron chi connectivity index (χ1n) is 46.3. The van der Waals surface area contributed by atoms with Crippen LogP contribution in [0.15, 0.2) is 479 Å². The number of fused-ring (bicyclic) bond motifs is 21. The fourth-order valence-corrected chi connectivity index (χ4v) is 32.1. The molecule has 0 N–H and O–H groups in total. The van der Waals surface area contributed by atoms with Gasteiger partial charge < -0.3 is 4.57 Å². The molecule has 0 aliphatic carbocycles. The molecule has 0 unspecified atom stereocenters. The van der Waals surface area contributed by atoms with Gasteiger partial charge in [0, 0.05) is 27.2 Å². The third-order valence-electron chi connectivity index (χ3n) is 28.3. The van der Waals surface area contributed by atoms with Crippen LogP contribution >= 0.6 is 0 Å². The van der Waals surface area contributed by atoms with Crippen LogP contribution in [0.1, 0.15) is 0 Å². The quantitative estimate of drug-likeness (QED) is 0.0708. The SMILES string of the molecule is c1ccc([Si](c2ccccc2)(c2ccccc2)c2cccc(-c3cc(-n4c5ccccc5c5ccccc54)nc(-n4c5ccccc5n5c6cc(-c7ccc8nc9n(-c%10cc(-c%11cccc([Si](c%12ccccc%12)(c%12ccccc%12)c%12cccc(-n%13c%14ccccc%14c%14ccccc%14%13)c%12)c%11)cc(-n%11c%12ccccc%12n%12c%13ccccc%13nc%11%12)n%10)c%10ccccc%10n9c8c7)ccc6nc45)c3)c2)cc1. The van der Waals surface area contributed by atoms with Crippen LogP contribution in [0.2, 0.25) is 0 Å². The summed E-state index contributed by atoms with van der Waals surface area (Å²) in [5.41, 5.74) is 23.2. The Balaban J connectivity index is 0.617. The number of hydrogen-bond donors (Lipinski definition) is 0. The Hall–Kier alpha value is -17.9. The summed E-state index contributed by atoms with van der Waals surface area (Å²) < 4.78 is 18.5. The Morgan fingerprint density at radius 3 is 0.787 bits per heavy atom. The molecule has 0 aliphatic rings. The van der Waals surface area contributed by atoms with Gasteiger partial charge in [0.05, 0.1) is 88.3 Å². The first-order chi connectivity index (χ1) is 67.4. The largest absolute Gasteiger partial charge is 0.309 e. The van der Waals surface area contributed by atoms with E-state index in [4.69, 9.17) is 24.9 Å². The Kier molecular flexibility index (Phi) is 17.2. The minimum absolute atomic E-state index is 0.697. The van der Waals surface area contributed by atoms with Crippen molar-refractivity contribution >= 4 is 185 Å². The Labute approximate surface area is 781 Å². The number of rotatable bonds is 16. The van der Waals surface area contributed by atoms with Crippen LogP contribution in [0.5, 0.6) is 0 Å². The summed E-state index contributed by atoms with van der Waals surface area (Å²) in [6, 6.07) is 176. The van der Waals surface area contributed by atoms with Gasteiger partial charge in [-0.1, -0.05) is 346 Å². The average molecular weight is 1770 g/mol. The third-order valence-corrected chi connectivity index (χ3v) is 37.9. The summed E-state index contributed by atoms with van der Waals surface area (Å²) >= 11 is 0. The molecular weight excluding hydrogens is 1690 g/mol. The number of pyridine rings is 2. The molecule has 10 aromatic heterocycles. The van der Waals surface area contributed by atoms with Crippen LogP contribution in [0, 0.1) is 0 Å². The standard InChI is InChI=1S/C121H79N13Si2/c1-6-38-87(39-7-1)135(88-40-8-2-9-41-88,89-42-10-3-11-43-89)92-48-32-35-80(71-92)84-75-115(128-104-58-23-18-53-97(104)98-54-19-24-59-105(98)128)125-116(76-84)133-111-65-30-27-62-108(111)130-113-73-82(67-69-100(113)123-120(130)133)83-68-70-101-114(74-83)131-109-63-28-31-66-112(109)134(121(131)124-101)118-78-85(77-117(126-118)132-110-64-29-26-61-107(110)129-106-60-25-20-55-99(106)122-119(129)132)81-36-33-49-93(72-81)136(90-44-12-4-13-45-90,91-46-14-5-15-47-91)94-50-34-37-86(79-94)127-102-56-21-16-51-95(102)96-52-17-22-57-103(96)127/h1-79H. The van der Waals surface area contributed by atoms with Gasteiger partial charge in [0.15, 0.2) is 16.1 Å². The topological polar surface area (TPSA) is 102 Å². The number of nitrogens with zero attached hydrogens (tertiary/aromatic N) is 13. The van der Waals surface area contributed by atoms with Crippen molar-refractivity contribution in [3.8, 4) is 62.3 Å². The van der Waals surface area contributed by atoms with Gasteiger partial charge in [-0.3, -0.25) is 31.5 Å². The molecule has 0 saturated carbocycles. The van der Waals surface area contributed by atoms with Crippen LogP contribution in [0.25, 0.3) is 189 Å². The number of benzene rings is 18. The second-order valence-electron chi connectivity index (χ2n) is 35.5. The van der Waals surface area contributed by atoms with Gasteiger partial charge in [-0.25, -0.2) is 24.9 Å². The van der Waals surface area contributed by atoms with Crippen molar-refractivity contribution in [3.63, 3.8) is 0 Å². The van der Waals surface area contributed by atoms with Crippen molar-refractivity contribution in [2.24, 2.45) is 0 Å². The molecule has 136 heavy (non-hydrogen) atoms. The molecule has 0 atom stereocenters. The maximum absolute atomic E-state index is 5.94. The lowest BCUT2D eigenvalue weighted by atomic mass is 10.0. The number of imidazole rings is 6. The molecule has 0 aliphatic heterocycles. The van der Waals surface area contributed by atoms with Crippen LogP contribution in [0.3, 0.4) is 0 Å². The molecule has 0 radical (unpaired) electrons. The molecule has 10 heterocycles. The summed E-state index contributed by atoms with van der Waals surface area (Å²) in [7, 11) is -6.24. The first-order valence-corrected chi connectivity index (χ1v) is 50.3. The van der Waals surface area contributed by atoms with Crippen molar-refractivity contribution in [1.29, 1.82) is 0 Å². The molecule has 13 nitrogen and oxygen atoms in total. The highest BCUT2D eigenvalue weighted by atomic mass is 28.3. The normalized spacial score (nSPS) is 12.3. The van der Waals surface area contributed by atoms with E-state index < -0.39 is 16.1 Å². The van der Waals surface area contributed by atoms with Gasteiger partial charge in [-0.2, -0.15) is 0 Å². The fraction of sp³-hybridized carbons (Fsp3) is 0. The molecule has 636 valence electrons. The Bertz CT molecular complexity index is 9480. The highest BCUT2D eigenvalue weighted by molar-refractivity contribution is 7.20. The van der Waals surface area contributed by atoms with Crippen molar-refractivity contribution in [3.05, 3.63) is 479 Å². The van der Waals surface area contributed by atoms with Crippen LogP contribution < -0.4 is 41.5 Å². The lowest BCUT2D eigenvalue weighted by Gasteiger charge is -2.35. The minimum Gasteiger partial charge on any atom is -0.309 e. The average Bonchev–Trinajstić information content (AvgIpc) is 1.57. The van der Waals surface area contributed by atoms with Crippen LogP contribution in [-0.2, 0) is 0 Å². The summed E-state index contributed by atoms with van der Waals surface area (Å²) in [4.78, 5) is 28.7. The maximum Gasteiger partial charge on any atom is 0.221 e. The molecular formula is C121H79N13Si2. The van der Waals surface area contributed by atoms with E-state index >= 15 is 0 Å². The van der Waals surface area contributed by atoms with Gasteiger partial charge in [-0.05, 0) is 208 Å². The van der Waals surface area contributed by atoms with Gasteiger partial charge in [0.1, 0.15) is 23.3 Å². The zero-order valence-electron chi connectivity index (χ0n) is 73.4. The predicted octanol–water partition coefficient (Wildman–Crippen LogP) is 22.7. The molecule has 18 aromatic carbocycles. The molecule has 15 heteroatoms.